The highest BCUT2D eigenvalue weighted by molar-refractivity contribution is 5.90. The van der Waals surface area contributed by atoms with Gasteiger partial charge in [-0.05, 0) is 12.5 Å². The number of anilines is 1. The van der Waals surface area contributed by atoms with Crippen molar-refractivity contribution < 1.29 is 4.79 Å². The molecule has 2 aromatic rings. The molecule has 0 aliphatic carbocycles. The Labute approximate surface area is 98.0 Å². The molecule has 0 radical (unpaired) electrons. The Morgan fingerprint density at radius 2 is 2.18 bits per heavy atom. The largest absolute Gasteiger partial charge is 0.394 e. The predicted molar refractivity (Wildman–Crippen MR) is 62.6 cm³/mol. The monoisotopic (exact) mass is 234 g/mol. The van der Waals surface area contributed by atoms with Crippen molar-refractivity contribution in [3.8, 4) is 5.82 Å². The van der Waals surface area contributed by atoms with E-state index < -0.39 is 5.91 Å². The molecule has 90 valence electrons. The normalized spacial score (nSPS) is 10.7. The fourth-order valence-electron chi connectivity index (χ4n) is 1.69. The first-order valence-corrected chi connectivity index (χ1v) is 5.21. The smallest absolute Gasteiger partial charge is 0.269 e. The summed E-state index contributed by atoms with van der Waals surface area (Å²) in [6.45, 7) is 1.97. The van der Waals surface area contributed by atoms with Crippen molar-refractivity contribution in [2.75, 3.05) is 5.73 Å². The van der Waals surface area contributed by atoms with E-state index in [1.807, 2.05) is 6.92 Å². The molecule has 1 amide bonds. The van der Waals surface area contributed by atoms with Crippen LogP contribution in [0.3, 0.4) is 0 Å². The van der Waals surface area contributed by atoms with Gasteiger partial charge in [0, 0.05) is 13.2 Å². The van der Waals surface area contributed by atoms with E-state index in [0.29, 0.717) is 11.5 Å². The molecule has 2 rings (SSSR count). The van der Waals surface area contributed by atoms with Crippen LogP contribution in [0, 0.1) is 0 Å². The molecule has 0 aliphatic heterocycles. The van der Waals surface area contributed by atoms with E-state index >= 15 is 0 Å². The number of hydrogen-bond acceptors (Lipinski definition) is 4. The van der Waals surface area contributed by atoms with Crippen LogP contribution in [0.15, 0.2) is 12.3 Å². The molecule has 7 heteroatoms. The van der Waals surface area contributed by atoms with Crippen molar-refractivity contribution in [2.45, 2.75) is 13.3 Å². The zero-order chi connectivity index (χ0) is 12.6. The Morgan fingerprint density at radius 3 is 2.65 bits per heavy atom. The fourth-order valence-corrected chi connectivity index (χ4v) is 1.69. The summed E-state index contributed by atoms with van der Waals surface area (Å²) in [7, 11) is 1.77. The number of carbonyl (C=O) groups is 1. The first kappa shape index (κ1) is 11.2. The molecule has 2 heterocycles. The number of hydrogen-bond donors (Lipinski definition) is 2. The fraction of sp³-hybridized carbons (Fsp3) is 0.300. The first-order chi connectivity index (χ1) is 8.04. The number of nitrogen functional groups attached to an aromatic ring is 1. The molecule has 7 nitrogen and oxygen atoms in total. The highest BCUT2D eigenvalue weighted by Crippen LogP contribution is 2.20. The Hall–Kier alpha value is -2.31. The van der Waals surface area contributed by atoms with Crippen LogP contribution in [0.2, 0.25) is 0 Å². The molecule has 2 aromatic heterocycles. The van der Waals surface area contributed by atoms with Crippen molar-refractivity contribution in [1.82, 2.24) is 19.6 Å². The summed E-state index contributed by atoms with van der Waals surface area (Å²) in [6, 6.07) is 1.54. The maximum absolute atomic E-state index is 11.0. The minimum Gasteiger partial charge on any atom is -0.394 e. The lowest BCUT2D eigenvalue weighted by Gasteiger charge is -2.02. The lowest BCUT2D eigenvalue weighted by Crippen LogP contribution is -2.13. The summed E-state index contributed by atoms with van der Waals surface area (Å²) in [5, 5.41) is 8.32. The van der Waals surface area contributed by atoms with Gasteiger partial charge in [-0.2, -0.15) is 10.2 Å². The highest BCUT2D eigenvalue weighted by Gasteiger charge is 2.15. The third-order valence-electron chi connectivity index (χ3n) is 2.52. The Morgan fingerprint density at radius 1 is 1.47 bits per heavy atom. The summed E-state index contributed by atoms with van der Waals surface area (Å²) in [6.07, 6.45) is 2.37. The van der Waals surface area contributed by atoms with Crippen LogP contribution in [0.25, 0.3) is 5.82 Å². The van der Waals surface area contributed by atoms with E-state index in [1.165, 1.54) is 4.68 Å². The second kappa shape index (κ2) is 3.93. The molecule has 0 aromatic carbocycles. The van der Waals surface area contributed by atoms with Crippen molar-refractivity contribution in [3.63, 3.8) is 0 Å². The second-order valence-corrected chi connectivity index (χ2v) is 3.67. The SMILES string of the molecule is CCc1nn(C)c(-n2ccc(C(N)=O)n2)c1N. The molecule has 0 saturated carbocycles. The van der Waals surface area contributed by atoms with Gasteiger partial charge >= 0.3 is 0 Å². The molecular formula is C10H14N6O. The van der Waals surface area contributed by atoms with Gasteiger partial charge in [-0.15, -0.1) is 0 Å². The van der Waals surface area contributed by atoms with Gasteiger partial charge in [-0.25, -0.2) is 9.36 Å². The van der Waals surface area contributed by atoms with E-state index in [2.05, 4.69) is 10.2 Å². The van der Waals surface area contributed by atoms with Gasteiger partial charge in [0.1, 0.15) is 11.4 Å². The van der Waals surface area contributed by atoms with E-state index in [1.54, 1.807) is 24.0 Å². The molecule has 0 spiro atoms. The van der Waals surface area contributed by atoms with Crippen molar-refractivity contribution in [1.29, 1.82) is 0 Å². The van der Waals surface area contributed by atoms with Gasteiger partial charge in [0.2, 0.25) is 0 Å². The Balaban J connectivity index is 2.52. The summed E-state index contributed by atoms with van der Waals surface area (Å²) in [5.74, 6) is 0.0644. The topological polar surface area (TPSA) is 105 Å². The maximum Gasteiger partial charge on any atom is 0.269 e. The van der Waals surface area contributed by atoms with Gasteiger partial charge in [0.05, 0.1) is 5.69 Å². The second-order valence-electron chi connectivity index (χ2n) is 3.67. The van der Waals surface area contributed by atoms with Crippen LogP contribution in [0.5, 0.6) is 0 Å². The quantitative estimate of drug-likeness (QED) is 0.770. The number of amides is 1. The van der Waals surface area contributed by atoms with E-state index in [-0.39, 0.29) is 5.69 Å². The molecule has 17 heavy (non-hydrogen) atoms. The lowest BCUT2D eigenvalue weighted by atomic mass is 10.3. The number of nitrogens with two attached hydrogens (primary N) is 2. The zero-order valence-corrected chi connectivity index (χ0v) is 9.71. The minimum atomic E-state index is -0.569. The van der Waals surface area contributed by atoms with Crippen LogP contribution in [0.4, 0.5) is 5.69 Å². The van der Waals surface area contributed by atoms with Crippen LogP contribution in [0.1, 0.15) is 23.1 Å². The molecule has 0 unspecified atom stereocenters. The number of aromatic nitrogens is 4. The van der Waals surface area contributed by atoms with Crippen LogP contribution in [-0.4, -0.2) is 25.5 Å². The third kappa shape index (κ3) is 1.75. The van der Waals surface area contributed by atoms with Crippen LogP contribution in [-0.2, 0) is 13.5 Å². The van der Waals surface area contributed by atoms with Gasteiger partial charge < -0.3 is 11.5 Å². The molecule has 4 N–H and O–H groups in total. The number of primary amides is 1. The van der Waals surface area contributed by atoms with E-state index in [9.17, 15) is 4.79 Å². The Kier molecular flexibility index (Phi) is 2.58. The number of carbonyl (C=O) groups excluding carboxylic acids is 1. The highest BCUT2D eigenvalue weighted by atomic mass is 16.1. The summed E-state index contributed by atoms with van der Waals surface area (Å²) >= 11 is 0. The van der Waals surface area contributed by atoms with Gasteiger partial charge in [0.15, 0.2) is 5.82 Å². The Bertz CT molecular complexity index is 567. The van der Waals surface area contributed by atoms with Crippen LogP contribution < -0.4 is 11.5 Å². The van der Waals surface area contributed by atoms with Gasteiger partial charge in [0.25, 0.3) is 5.91 Å². The van der Waals surface area contributed by atoms with Crippen molar-refractivity contribution >= 4 is 11.6 Å². The minimum absolute atomic E-state index is 0.198. The summed E-state index contributed by atoms with van der Waals surface area (Å²) in [5.41, 5.74) is 12.7. The molecule has 0 atom stereocenters. The third-order valence-corrected chi connectivity index (χ3v) is 2.52. The zero-order valence-electron chi connectivity index (χ0n) is 9.71. The molecular weight excluding hydrogens is 220 g/mol. The maximum atomic E-state index is 11.0. The molecule has 0 saturated heterocycles. The molecule has 0 aliphatic rings. The predicted octanol–water partition coefficient (Wildman–Crippen LogP) is -0.151. The standard InChI is InChI=1S/C10H14N6O/c1-3-6-8(11)10(15(2)13-6)16-5-4-7(14-16)9(12)17/h4-5H,3,11H2,1-2H3,(H2,12,17). The lowest BCUT2D eigenvalue weighted by molar-refractivity contribution is 0.0995. The number of aryl methyl sites for hydroxylation is 2. The average molecular weight is 234 g/mol. The summed E-state index contributed by atoms with van der Waals surface area (Å²) in [4.78, 5) is 11.0. The molecule has 0 fully saturated rings. The van der Waals surface area contributed by atoms with E-state index in [0.717, 1.165) is 12.1 Å². The van der Waals surface area contributed by atoms with E-state index in [4.69, 9.17) is 11.5 Å². The van der Waals surface area contributed by atoms with Crippen LogP contribution >= 0.6 is 0 Å². The number of nitrogens with zero attached hydrogens (tertiary/aromatic N) is 4. The first-order valence-electron chi connectivity index (χ1n) is 5.21. The summed E-state index contributed by atoms with van der Waals surface area (Å²) < 4.78 is 3.13. The van der Waals surface area contributed by atoms with Gasteiger partial charge in [-0.1, -0.05) is 6.92 Å². The van der Waals surface area contributed by atoms with Gasteiger partial charge in [-0.3, -0.25) is 4.79 Å². The average Bonchev–Trinajstić information content (AvgIpc) is 2.83. The van der Waals surface area contributed by atoms with Crippen molar-refractivity contribution in [3.05, 3.63) is 23.7 Å². The number of rotatable bonds is 3. The van der Waals surface area contributed by atoms with Crippen molar-refractivity contribution in [2.24, 2.45) is 12.8 Å². The molecule has 0 bridgehead atoms.